The summed E-state index contributed by atoms with van der Waals surface area (Å²) in [6.07, 6.45) is 6.31. The van der Waals surface area contributed by atoms with Crippen LogP contribution in [0.5, 0.6) is 0 Å². The maximum atomic E-state index is 11.4. The SMILES string of the molecule is Cc1nc(-c2nc(N[C@@H]3CCCC[C@H]3C)nc(C)c2[N+](=O)[O-])c[nH]1. The number of anilines is 1. The van der Waals surface area contributed by atoms with Gasteiger partial charge in [0.05, 0.1) is 4.92 Å². The van der Waals surface area contributed by atoms with Crippen LogP contribution >= 0.6 is 0 Å². The van der Waals surface area contributed by atoms with Gasteiger partial charge in [0.25, 0.3) is 0 Å². The number of aromatic nitrogens is 4. The van der Waals surface area contributed by atoms with E-state index in [1.807, 2.05) is 0 Å². The first-order chi connectivity index (χ1) is 11.5. The van der Waals surface area contributed by atoms with E-state index in [9.17, 15) is 10.1 Å². The molecule has 1 aliphatic rings. The minimum absolute atomic E-state index is 0.0938. The van der Waals surface area contributed by atoms with Gasteiger partial charge in [0.2, 0.25) is 5.95 Å². The standard InChI is InChI=1S/C16H22N6O2/c1-9-6-4-5-7-12(9)20-16-18-10(2)15(22(23)24)14(21-16)13-8-17-11(3)19-13/h8-9,12H,4-7H2,1-3H3,(H,17,19)(H,18,20,21)/t9-,12-/m1/s1. The Bertz CT molecular complexity index is 757. The highest BCUT2D eigenvalue weighted by Gasteiger charge is 2.27. The lowest BCUT2D eigenvalue weighted by Crippen LogP contribution is -2.31. The highest BCUT2D eigenvalue weighted by molar-refractivity contribution is 5.68. The molecule has 0 spiro atoms. The summed E-state index contributed by atoms with van der Waals surface area (Å²) in [7, 11) is 0. The normalized spacial score (nSPS) is 20.8. The molecule has 2 heterocycles. The third kappa shape index (κ3) is 3.22. The molecule has 0 amide bonds. The summed E-state index contributed by atoms with van der Waals surface area (Å²) in [5, 5.41) is 14.8. The van der Waals surface area contributed by atoms with Gasteiger partial charge in [-0.05, 0) is 32.6 Å². The smallest absolute Gasteiger partial charge is 0.318 e. The van der Waals surface area contributed by atoms with Gasteiger partial charge in [-0.1, -0.05) is 19.8 Å². The zero-order valence-electron chi connectivity index (χ0n) is 14.2. The molecule has 0 aliphatic heterocycles. The molecular weight excluding hydrogens is 308 g/mol. The van der Waals surface area contributed by atoms with E-state index in [-0.39, 0.29) is 11.4 Å². The molecule has 24 heavy (non-hydrogen) atoms. The summed E-state index contributed by atoms with van der Waals surface area (Å²) in [6.45, 7) is 5.65. The number of nitrogens with zero attached hydrogens (tertiary/aromatic N) is 4. The first-order valence-corrected chi connectivity index (χ1v) is 8.27. The molecule has 1 saturated carbocycles. The molecule has 128 valence electrons. The number of aryl methyl sites for hydroxylation is 2. The zero-order valence-corrected chi connectivity index (χ0v) is 14.2. The van der Waals surface area contributed by atoms with Crippen molar-refractivity contribution >= 4 is 11.6 Å². The zero-order chi connectivity index (χ0) is 17.3. The van der Waals surface area contributed by atoms with Crippen LogP contribution in [-0.4, -0.2) is 30.9 Å². The Kier molecular flexibility index (Phi) is 4.46. The van der Waals surface area contributed by atoms with Crippen molar-refractivity contribution in [3.63, 3.8) is 0 Å². The Balaban J connectivity index is 1.99. The number of imidazole rings is 1. The number of H-pyrrole nitrogens is 1. The molecule has 2 aromatic rings. The highest BCUT2D eigenvalue weighted by atomic mass is 16.6. The van der Waals surface area contributed by atoms with Crippen LogP contribution in [0.2, 0.25) is 0 Å². The molecule has 0 radical (unpaired) electrons. The maximum Gasteiger partial charge on any atom is 0.318 e. The Hall–Kier alpha value is -2.51. The fourth-order valence-electron chi connectivity index (χ4n) is 3.26. The van der Waals surface area contributed by atoms with Crippen LogP contribution in [-0.2, 0) is 0 Å². The molecule has 0 saturated heterocycles. The Morgan fingerprint density at radius 3 is 2.62 bits per heavy atom. The number of nitro groups is 1. The summed E-state index contributed by atoms with van der Waals surface area (Å²) >= 11 is 0. The number of nitrogens with one attached hydrogen (secondary N) is 2. The summed E-state index contributed by atoms with van der Waals surface area (Å²) in [5.41, 5.74) is 0.965. The van der Waals surface area contributed by atoms with Crippen LogP contribution in [0.15, 0.2) is 6.20 Å². The second kappa shape index (κ2) is 6.54. The monoisotopic (exact) mass is 330 g/mol. The second-order valence-electron chi connectivity index (χ2n) is 6.47. The Labute approximate surface area is 140 Å². The van der Waals surface area contributed by atoms with Gasteiger partial charge < -0.3 is 10.3 Å². The van der Waals surface area contributed by atoms with Crippen molar-refractivity contribution in [3.05, 3.63) is 27.8 Å². The minimum atomic E-state index is -0.443. The lowest BCUT2D eigenvalue weighted by atomic mass is 9.86. The molecule has 1 fully saturated rings. The van der Waals surface area contributed by atoms with Crippen molar-refractivity contribution in [2.45, 2.75) is 52.5 Å². The lowest BCUT2D eigenvalue weighted by Gasteiger charge is -2.29. The van der Waals surface area contributed by atoms with E-state index in [0.717, 1.165) is 6.42 Å². The van der Waals surface area contributed by atoms with Gasteiger partial charge in [0.1, 0.15) is 17.2 Å². The first-order valence-electron chi connectivity index (χ1n) is 8.27. The first kappa shape index (κ1) is 16.4. The average Bonchev–Trinajstić information content (AvgIpc) is 2.95. The molecule has 0 unspecified atom stereocenters. The minimum Gasteiger partial charge on any atom is -0.351 e. The van der Waals surface area contributed by atoms with Crippen LogP contribution in [0.4, 0.5) is 11.6 Å². The van der Waals surface area contributed by atoms with Gasteiger partial charge in [0, 0.05) is 12.2 Å². The molecular formula is C16H22N6O2. The van der Waals surface area contributed by atoms with Crippen LogP contribution in [0, 0.1) is 29.9 Å². The van der Waals surface area contributed by atoms with Gasteiger partial charge in [-0.25, -0.2) is 15.0 Å². The average molecular weight is 330 g/mol. The lowest BCUT2D eigenvalue weighted by molar-refractivity contribution is -0.385. The molecule has 3 rings (SSSR count). The van der Waals surface area contributed by atoms with Crippen LogP contribution in [0.3, 0.4) is 0 Å². The van der Waals surface area contributed by atoms with Crippen molar-refractivity contribution in [2.75, 3.05) is 5.32 Å². The molecule has 8 nitrogen and oxygen atoms in total. The quantitative estimate of drug-likeness (QED) is 0.657. The van der Waals surface area contributed by atoms with E-state index in [4.69, 9.17) is 0 Å². The topological polar surface area (TPSA) is 110 Å². The van der Waals surface area contributed by atoms with E-state index < -0.39 is 4.92 Å². The summed E-state index contributed by atoms with van der Waals surface area (Å²) in [6, 6.07) is 0.299. The van der Waals surface area contributed by atoms with Crippen molar-refractivity contribution in [1.29, 1.82) is 0 Å². The summed E-state index contributed by atoms with van der Waals surface area (Å²) in [4.78, 5) is 27.0. The van der Waals surface area contributed by atoms with E-state index in [1.165, 1.54) is 19.3 Å². The van der Waals surface area contributed by atoms with E-state index >= 15 is 0 Å². The van der Waals surface area contributed by atoms with Gasteiger partial charge in [-0.15, -0.1) is 0 Å². The molecule has 0 bridgehead atoms. The molecule has 2 aromatic heterocycles. The molecule has 0 aromatic carbocycles. The van der Waals surface area contributed by atoms with Gasteiger partial charge in [-0.3, -0.25) is 10.1 Å². The second-order valence-corrected chi connectivity index (χ2v) is 6.47. The van der Waals surface area contributed by atoms with E-state index in [1.54, 1.807) is 20.0 Å². The van der Waals surface area contributed by atoms with Crippen LogP contribution in [0.1, 0.15) is 44.1 Å². The van der Waals surface area contributed by atoms with E-state index in [2.05, 4.69) is 32.2 Å². The maximum absolute atomic E-state index is 11.4. The number of hydrogen-bond donors (Lipinski definition) is 2. The number of aromatic amines is 1. The Morgan fingerprint density at radius 1 is 1.25 bits per heavy atom. The largest absolute Gasteiger partial charge is 0.351 e. The number of rotatable bonds is 4. The predicted octanol–water partition coefficient (Wildman–Crippen LogP) is 3.38. The fraction of sp³-hybridized carbons (Fsp3) is 0.562. The van der Waals surface area contributed by atoms with Crippen molar-refractivity contribution in [3.8, 4) is 11.4 Å². The highest BCUT2D eigenvalue weighted by Crippen LogP contribution is 2.31. The summed E-state index contributed by atoms with van der Waals surface area (Å²) < 4.78 is 0. The van der Waals surface area contributed by atoms with Crippen molar-refractivity contribution in [1.82, 2.24) is 19.9 Å². The van der Waals surface area contributed by atoms with Crippen molar-refractivity contribution in [2.24, 2.45) is 5.92 Å². The van der Waals surface area contributed by atoms with Crippen LogP contribution in [0.25, 0.3) is 11.4 Å². The summed E-state index contributed by atoms with van der Waals surface area (Å²) in [5.74, 6) is 1.66. The fourth-order valence-corrected chi connectivity index (χ4v) is 3.26. The third-order valence-corrected chi connectivity index (χ3v) is 4.62. The molecule has 2 atom stereocenters. The molecule has 1 aliphatic carbocycles. The number of hydrogen-bond acceptors (Lipinski definition) is 6. The third-order valence-electron chi connectivity index (χ3n) is 4.62. The van der Waals surface area contributed by atoms with Crippen LogP contribution < -0.4 is 5.32 Å². The van der Waals surface area contributed by atoms with Crippen molar-refractivity contribution < 1.29 is 4.92 Å². The predicted molar refractivity (Wildman–Crippen MR) is 90.8 cm³/mol. The molecule has 2 N–H and O–H groups in total. The van der Waals surface area contributed by atoms with Gasteiger partial charge in [0.15, 0.2) is 5.69 Å². The molecule has 8 heteroatoms. The van der Waals surface area contributed by atoms with Gasteiger partial charge in [-0.2, -0.15) is 0 Å². The van der Waals surface area contributed by atoms with Gasteiger partial charge >= 0.3 is 5.69 Å². The Morgan fingerprint density at radius 2 is 2.00 bits per heavy atom. The van der Waals surface area contributed by atoms with E-state index in [0.29, 0.717) is 35.1 Å².